The van der Waals surface area contributed by atoms with Crippen LogP contribution in [-0.4, -0.2) is 44.5 Å². The van der Waals surface area contributed by atoms with Crippen molar-refractivity contribution in [2.45, 2.75) is 24.7 Å². The molecule has 0 aromatic carbocycles. The standard InChI is InChI=1S/C13H20ClN3O2S/c1-11(10-17-6-2-3-7-17)9-16-20(18,19)12-4-5-15-13(14)8-12/h4-5,8,11,16H,2-3,6-7,9-10H2,1H3. The summed E-state index contributed by atoms with van der Waals surface area (Å²) in [7, 11) is -3.50. The number of rotatable bonds is 6. The Morgan fingerprint density at radius 2 is 2.15 bits per heavy atom. The van der Waals surface area contributed by atoms with E-state index in [9.17, 15) is 8.42 Å². The summed E-state index contributed by atoms with van der Waals surface area (Å²) in [5.74, 6) is 0.278. The number of hydrogen-bond acceptors (Lipinski definition) is 4. The predicted molar refractivity (Wildman–Crippen MR) is 79.3 cm³/mol. The summed E-state index contributed by atoms with van der Waals surface area (Å²) in [6.45, 7) is 5.66. The van der Waals surface area contributed by atoms with E-state index in [1.807, 2.05) is 0 Å². The first-order valence-corrected chi connectivity index (χ1v) is 8.67. The minimum absolute atomic E-state index is 0.158. The Bertz CT molecular complexity index is 544. The lowest BCUT2D eigenvalue weighted by molar-refractivity contribution is 0.288. The third kappa shape index (κ3) is 4.41. The third-order valence-electron chi connectivity index (χ3n) is 3.40. The molecule has 1 aromatic rings. The molecule has 20 heavy (non-hydrogen) atoms. The van der Waals surface area contributed by atoms with Crippen molar-refractivity contribution in [1.82, 2.24) is 14.6 Å². The number of nitrogens with zero attached hydrogens (tertiary/aromatic N) is 2. The number of nitrogens with one attached hydrogen (secondary N) is 1. The maximum absolute atomic E-state index is 12.1. The van der Waals surface area contributed by atoms with Crippen LogP contribution in [0.3, 0.4) is 0 Å². The van der Waals surface area contributed by atoms with Crippen LogP contribution in [0.4, 0.5) is 0 Å². The van der Waals surface area contributed by atoms with Crippen LogP contribution in [0.2, 0.25) is 5.15 Å². The summed E-state index contributed by atoms with van der Waals surface area (Å²) in [5, 5.41) is 0.179. The van der Waals surface area contributed by atoms with Gasteiger partial charge in [-0.05, 0) is 44.0 Å². The van der Waals surface area contributed by atoms with E-state index < -0.39 is 10.0 Å². The van der Waals surface area contributed by atoms with E-state index in [0.29, 0.717) is 6.54 Å². The summed E-state index contributed by atoms with van der Waals surface area (Å²) in [6, 6.07) is 2.80. The minimum Gasteiger partial charge on any atom is -0.303 e. The van der Waals surface area contributed by atoms with Crippen LogP contribution in [0.25, 0.3) is 0 Å². The molecular weight excluding hydrogens is 298 g/mol. The minimum atomic E-state index is -3.50. The van der Waals surface area contributed by atoms with E-state index in [0.717, 1.165) is 19.6 Å². The van der Waals surface area contributed by atoms with Gasteiger partial charge < -0.3 is 4.90 Å². The van der Waals surface area contributed by atoms with Crippen molar-refractivity contribution in [3.8, 4) is 0 Å². The van der Waals surface area contributed by atoms with Gasteiger partial charge in [0.15, 0.2) is 0 Å². The third-order valence-corrected chi connectivity index (χ3v) is 5.03. The molecule has 7 heteroatoms. The van der Waals surface area contributed by atoms with Crippen molar-refractivity contribution in [2.75, 3.05) is 26.2 Å². The van der Waals surface area contributed by atoms with Gasteiger partial charge in [0.05, 0.1) is 4.90 Å². The molecular formula is C13H20ClN3O2S. The Labute approximate surface area is 125 Å². The molecule has 0 bridgehead atoms. The first-order chi connectivity index (χ1) is 9.47. The number of hydrogen-bond donors (Lipinski definition) is 1. The molecule has 1 saturated heterocycles. The van der Waals surface area contributed by atoms with Crippen molar-refractivity contribution >= 4 is 21.6 Å². The van der Waals surface area contributed by atoms with E-state index in [1.54, 1.807) is 0 Å². The first kappa shape index (κ1) is 15.7. The van der Waals surface area contributed by atoms with E-state index >= 15 is 0 Å². The monoisotopic (exact) mass is 317 g/mol. The first-order valence-electron chi connectivity index (χ1n) is 6.81. The average Bonchev–Trinajstić information content (AvgIpc) is 2.89. The van der Waals surface area contributed by atoms with Crippen LogP contribution in [0.15, 0.2) is 23.2 Å². The van der Waals surface area contributed by atoms with E-state index in [-0.39, 0.29) is 16.0 Å². The molecule has 0 radical (unpaired) electrons. The zero-order chi connectivity index (χ0) is 14.6. The predicted octanol–water partition coefficient (Wildman–Crippen LogP) is 1.75. The van der Waals surface area contributed by atoms with Gasteiger partial charge in [0, 0.05) is 19.3 Å². The van der Waals surface area contributed by atoms with Crippen molar-refractivity contribution in [2.24, 2.45) is 5.92 Å². The molecule has 1 atom stereocenters. The second-order valence-electron chi connectivity index (χ2n) is 5.28. The Morgan fingerprint density at radius 3 is 2.80 bits per heavy atom. The molecule has 2 heterocycles. The van der Waals surface area contributed by atoms with E-state index in [2.05, 4.69) is 21.5 Å². The van der Waals surface area contributed by atoms with Crippen LogP contribution < -0.4 is 4.72 Å². The Kier molecular flexibility index (Phi) is 5.37. The van der Waals surface area contributed by atoms with Gasteiger partial charge in [-0.25, -0.2) is 18.1 Å². The quantitative estimate of drug-likeness (QED) is 0.812. The molecule has 1 N–H and O–H groups in total. The van der Waals surface area contributed by atoms with E-state index in [1.165, 1.54) is 31.2 Å². The van der Waals surface area contributed by atoms with Crippen LogP contribution in [-0.2, 0) is 10.0 Å². The van der Waals surface area contributed by atoms with Gasteiger partial charge in [0.2, 0.25) is 10.0 Å². The summed E-state index contributed by atoms with van der Waals surface area (Å²) in [6.07, 6.45) is 3.88. The van der Waals surface area contributed by atoms with Crippen LogP contribution in [0, 0.1) is 5.92 Å². The number of pyridine rings is 1. The maximum atomic E-state index is 12.1. The number of aromatic nitrogens is 1. The summed E-state index contributed by atoms with van der Waals surface area (Å²) >= 11 is 5.72. The van der Waals surface area contributed by atoms with E-state index in [4.69, 9.17) is 11.6 Å². The number of sulfonamides is 1. The Morgan fingerprint density at radius 1 is 1.45 bits per heavy atom. The topological polar surface area (TPSA) is 62.3 Å². The molecule has 1 aliphatic heterocycles. The molecule has 1 aromatic heterocycles. The highest BCUT2D eigenvalue weighted by Crippen LogP contribution is 2.14. The van der Waals surface area contributed by atoms with Crippen LogP contribution in [0.1, 0.15) is 19.8 Å². The van der Waals surface area contributed by atoms with Gasteiger partial charge in [0.1, 0.15) is 5.15 Å². The van der Waals surface area contributed by atoms with Crippen molar-refractivity contribution in [3.05, 3.63) is 23.5 Å². The second-order valence-corrected chi connectivity index (χ2v) is 7.43. The molecule has 1 aliphatic rings. The highest BCUT2D eigenvalue weighted by atomic mass is 35.5. The molecule has 1 fully saturated rings. The van der Waals surface area contributed by atoms with Crippen molar-refractivity contribution < 1.29 is 8.42 Å². The van der Waals surface area contributed by atoms with Gasteiger partial charge in [-0.3, -0.25) is 0 Å². The lowest BCUT2D eigenvalue weighted by atomic mass is 10.2. The zero-order valence-corrected chi connectivity index (χ0v) is 13.1. The highest BCUT2D eigenvalue weighted by Gasteiger charge is 2.18. The van der Waals surface area contributed by atoms with Crippen LogP contribution >= 0.6 is 11.6 Å². The molecule has 2 rings (SSSR count). The molecule has 5 nitrogen and oxygen atoms in total. The fourth-order valence-corrected chi connectivity index (χ4v) is 3.77. The normalized spacial score (nSPS) is 18.3. The Balaban J connectivity index is 1.88. The molecule has 0 aliphatic carbocycles. The summed E-state index contributed by atoms with van der Waals surface area (Å²) < 4.78 is 26.9. The summed E-state index contributed by atoms with van der Waals surface area (Å²) in [4.78, 5) is 6.32. The van der Waals surface area contributed by atoms with Gasteiger partial charge in [-0.2, -0.15) is 0 Å². The molecule has 0 amide bonds. The van der Waals surface area contributed by atoms with Gasteiger partial charge in [-0.15, -0.1) is 0 Å². The summed E-state index contributed by atoms with van der Waals surface area (Å²) in [5.41, 5.74) is 0. The van der Waals surface area contributed by atoms with Crippen molar-refractivity contribution in [3.63, 3.8) is 0 Å². The highest BCUT2D eigenvalue weighted by molar-refractivity contribution is 7.89. The molecule has 0 spiro atoms. The Hall–Kier alpha value is -0.690. The number of halogens is 1. The molecule has 112 valence electrons. The molecule has 1 unspecified atom stereocenters. The second kappa shape index (κ2) is 6.85. The SMILES string of the molecule is CC(CNS(=O)(=O)c1ccnc(Cl)c1)CN1CCCC1. The fraction of sp³-hybridized carbons (Fsp3) is 0.615. The van der Waals surface area contributed by atoms with Gasteiger partial charge in [-0.1, -0.05) is 18.5 Å². The smallest absolute Gasteiger partial charge is 0.240 e. The lowest BCUT2D eigenvalue weighted by Gasteiger charge is -2.20. The largest absolute Gasteiger partial charge is 0.303 e. The van der Waals surface area contributed by atoms with Crippen LogP contribution in [0.5, 0.6) is 0 Å². The van der Waals surface area contributed by atoms with Gasteiger partial charge >= 0.3 is 0 Å². The fourth-order valence-electron chi connectivity index (χ4n) is 2.36. The molecule has 0 saturated carbocycles. The average molecular weight is 318 g/mol. The lowest BCUT2D eigenvalue weighted by Crippen LogP contribution is -2.34. The van der Waals surface area contributed by atoms with Gasteiger partial charge in [0.25, 0.3) is 0 Å². The maximum Gasteiger partial charge on any atom is 0.240 e. The zero-order valence-electron chi connectivity index (χ0n) is 11.5. The van der Waals surface area contributed by atoms with Crippen molar-refractivity contribution in [1.29, 1.82) is 0 Å². The number of likely N-dealkylation sites (tertiary alicyclic amines) is 1.